The first-order valence-electron chi connectivity index (χ1n) is 6.55. The minimum absolute atomic E-state index is 0.151. The van der Waals surface area contributed by atoms with Gasteiger partial charge in [-0.05, 0) is 40.2 Å². The number of methoxy groups -OCH3 is 2. The van der Waals surface area contributed by atoms with Crippen molar-refractivity contribution in [1.29, 1.82) is 0 Å². The molecule has 120 valence electrons. The van der Waals surface area contributed by atoms with Crippen LogP contribution >= 0.6 is 15.9 Å². The zero-order valence-electron chi connectivity index (χ0n) is 12.5. The quantitative estimate of drug-likeness (QED) is 0.816. The number of ether oxygens (including phenoxy) is 3. The van der Waals surface area contributed by atoms with Crippen molar-refractivity contribution in [3.8, 4) is 11.5 Å². The van der Waals surface area contributed by atoms with Crippen LogP contribution in [0, 0.1) is 0 Å². The molecule has 6 nitrogen and oxygen atoms in total. The maximum absolute atomic E-state index is 12.0. The Morgan fingerprint density at radius 3 is 2.39 bits per heavy atom. The van der Waals surface area contributed by atoms with Crippen LogP contribution in [0.4, 0.5) is 10.5 Å². The molecule has 7 heteroatoms. The minimum Gasteiger partial charge on any atom is -0.496 e. The molecule has 0 bridgehead atoms. The SMILES string of the molecule is COC(=O)c1cc(OC)c(Br)cc1NC(=O)Oc1ccccc1. The topological polar surface area (TPSA) is 73.9 Å². The Balaban J connectivity index is 2.25. The van der Waals surface area contributed by atoms with Crippen LogP contribution in [0.1, 0.15) is 10.4 Å². The molecule has 1 amide bonds. The van der Waals surface area contributed by atoms with Crippen molar-refractivity contribution >= 4 is 33.7 Å². The van der Waals surface area contributed by atoms with Crippen molar-refractivity contribution in [3.05, 3.63) is 52.5 Å². The lowest BCUT2D eigenvalue weighted by molar-refractivity contribution is 0.0601. The van der Waals surface area contributed by atoms with Gasteiger partial charge in [0, 0.05) is 0 Å². The third-order valence-electron chi connectivity index (χ3n) is 2.89. The van der Waals surface area contributed by atoms with Gasteiger partial charge in [-0.3, -0.25) is 5.32 Å². The number of para-hydroxylation sites is 1. The molecular formula is C16H14BrNO5. The number of hydrogen-bond acceptors (Lipinski definition) is 5. The summed E-state index contributed by atoms with van der Waals surface area (Å²) in [4.78, 5) is 23.8. The first-order valence-corrected chi connectivity index (χ1v) is 7.34. The molecule has 0 atom stereocenters. The molecule has 0 spiro atoms. The van der Waals surface area contributed by atoms with Gasteiger partial charge in [-0.1, -0.05) is 18.2 Å². The van der Waals surface area contributed by atoms with Crippen LogP contribution in [-0.4, -0.2) is 26.3 Å². The van der Waals surface area contributed by atoms with Gasteiger partial charge in [-0.15, -0.1) is 0 Å². The Morgan fingerprint density at radius 1 is 1.09 bits per heavy atom. The molecule has 1 N–H and O–H groups in total. The fourth-order valence-corrected chi connectivity index (χ4v) is 2.33. The number of hydrogen-bond donors (Lipinski definition) is 1. The van der Waals surface area contributed by atoms with Gasteiger partial charge in [0.05, 0.1) is 29.9 Å². The molecule has 23 heavy (non-hydrogen) atoms. The lowest BCUT2D eigenvalue weighted by Crippen LogP contribution is -2.19. The lowest BCUT2D eigenvalue weighted by atomic mass is 10.1. The van der Waals surface area contributed by atoms with Gasteiger partial charge in [0.2, 0.25) is 0 Å². The van der Waals surface area contributed by atoms with Gasteiger partial charge >= 0.3 is 12.1 Å². The van der Waals surface area contributed by atoms with E-state index >= 15 is 0 Å². The van der Waals surface area contributed by atoms with Crippen molar-refractivity contribution in [2.75, 3.05) is 19.5 Å². The van der Waals surface area contributed by atoms with Crippen LogP contribution < -0.4 is 14.8 Å². The molecule has 2 rings (SSSR count). The lowest BCUT2D eigenvalue weighted by Gasteiger charge is -2.13. The molecule has 2 aromatic carbocycles. The smallest absolute Gasteiger partial charge is 0.417 e. The maximum atomic E-state index is 12.0. The average Bonchev–Trinajstić information content (AvgIpc) is 2.55. The molecule has 0 radical (unpaired) electrons. The fraction of sp³-hybridized carbons (Fsp3) is 0.125. The molecule has 0 aliphatic rings. The van der Waals surface area contributed by atoms with E-state index in [1.165, 1.54) is 26.4 Å². The van der Waals surface area contributed by atoms with E-state index in [1.807, 2.05) is 0 Å². The average molecular weight is 380 g/mol. The van der Waals surface area contributed by atoms with Gasteiger partial charge in [-0.2, -0.15) is 0 Å². The summed E-state index contributed by atoms with van der Waals surface area (Å²) in [6.07, 6.45) is -0.724. The number of amides is 1. The minimum atomic E-state index is -0.724. The number of anilines is 1. The zero-order valence-corrected chi connectivity index (χ0v) is 14.0. The predicted octanol–water partition coefficient (Wildman–Crippen LogP) is 3.86. The van der Waals surface area contributed by atoms with E-state index < -0.39 is 12.1 Å². The number of benzene rings is 2. The van der Waals surface area contributed by atoms with Crippen LogP contribution in [-0.2, 0) is 4.74 Å². The van der Waals surface area contributed by atoms with Gasteiger partial charge in [0.1, 0.15) is 11.5 Å². The van der Waals surface area contributed by atoms with Crippen molar-refractivity contribution in [2.24, 2.45) is 0 Å². The van der Waals surface area contributed by atoms with Crippen LogP contribution in [0.2, 0.25) is 0 Å². The van der Waals surface area contributed by atoms with Crippen LogP contribution in [0.25, 0.3) is 0 Å². The van der Waals surface area contributed by atoms with Crippen LogP contribution in [0.5, 0.6) is 11.5 Å². The molecule has 0 saturated heterocycles. The largest absolute Gasteiger partial charge is 0.496 e. The molecule has 0 aliphatic heterocycles. The molecule has 0 fully saturated rings. The second-order valence-electron chi connectivity index (χ2n) is 4.35. The second-order valence-corrected chi connectivity index (χ2v) is 5.21. The summed E-state index contributed by atoms with van der Waals surface area (Å²) in [5, 5.41) is 2.52. The summed E-state index contributed by atoms with van der Waals surface area (Å²) in [6.45, 7) is 0. The molecule has 0 aliphatic carbocycles. The summed E-state index contributed by atoms with van der Waals surface area (Å²) in [6, 6.07) is 11.6. The third kappa shape index (κ3) is 4.23. The van der Waals surface area contributed by atoms with Crippen molar-refractivity contribution in [2.45, 2.75) is 0 Å². The summed E-state index contributed by atoms with van der Waals surface area (Å²) < 4.78 is 15.6. The number of esters is 1. The second kappa shape index (κ2) is 7.64. The van der Waals surface area contributed by atoms with E-state index in [1.54, 1.807) is 30.3 Å². The number of carbonyl (C=O) groups excluding carboxylic acids is 2. The summed E-state index contributed by atoms with van der Waals surface area (Å²) in [7, 11) is 2.72. The molecule has 0 aromatic heterocycles. The van der Waals surface area contributed by atoms with E-state index in [0.717, 1.165) is 0 Å². The number of nitrogens with one attached hydrogen (secondary N) is 1. The van der Waals surface area contributed by atoms with E-state index in [0.29, 0.717) is 16.0 Å². The van der Waals surface area contributed by atoms with Gasteiger partial charge in [-0.25, -0.2) is 9.59 Å². The summed E-state index contributed by atoms with van der Waals surface area (Å²) in [5.74, 6) is 0.218. The Morgan fingerprint density at radius 2 is 1.78 bits per heavy atom. The van der Waals surface area contributed by atoms with Crippen molar-refractivity contribution in [1.82, 2.24) is 0 Å². The van der Waals surface area contributed by atoms with Gasteiger partial charge in [0.25, 0.3) is 0 Å². The van der Waals surface area contributed by atoms with E-state index in [2.05, 4.69) is 21.2 Å². The van der Waals surface area contributed by atoms with E-state index in [9.17, 15) is 9.59 Å². The zero-order chi connectivity index (χ0) is 16.8. The summed E-state index contributed by atoms with van der Waals surface area (Å²) in [5.41, 5.74) is 0.392. The standard InChI is InChI=1S/C16H14BrNO5/c1-21-14-8-11(15(19)22-2)13(9-12(14)17)18-16(20)23-10-6-4-3-5-7-10/h3-9H,1-2H3,(H,18,20). The Hall–Kier alpha value is -2.54. The highest BCUT2D eigenvalue weighted by molar-refractivity contribution is 9.10. The number of carbonyl (C=O) groups is 2. The fourth-order valence-electron chi connectivity index (χ4n) is 1.82. The molecule has 2 aromatic rings. The molecular weight excluding hydrogens is 366 g/mol. The van der Waals surface area contributed by atoms with Gasteiger partial charge < -0.3 is 14.2 Å². The normalized spacial score (nSPS) is 9.87. The van der Waals surface area contributed by atoms with Crippen LogP contribution in [0.3, 0.4) is 0 Å². The molecule has 0 saturated carbocycles. The Labute approximate surface area is 141 Å². The van der Waals surface area contributed by atoms with E-state index in [4.69, 9.17) is 14.2 Å². The molecule has 0 heterocycles. The Bertz CT molecular complexity index is 718. The molecule has 0 unspecified atom stereocenters. The van der Waals surface area contributed by atoms with Crippen molar-refractivity contribution in [3.63, 3.8) is 0 Å². The van der Waals surface area contributed by atoms with Gasteiger partial charge in [0.15, 0.2) is 0 Å². The number of halogens is 1. The summed E-state index contributed by atoms with van der Waals surface area (Å²) >= 11 is 3.30. The van der Waals surface area contributed by atoms with Crippen LogP contribution in [0.15, 0.2) is 46.9 Å². The predicted molar refractivity (Wildman–Crippen MR) is 88.1 cm³/mol. The first-order chi connectivity index (χ1) is 11.0. The highest BCUT2D eigenvalue weighted by atomic mass is 79.9. The van der Waals surface area contributed by atoms with E-state index in [-0.39, 0.29) is 11.3 Å². The highest BCUT2D eigenvalue weighted by Gasteiger charge is 2.18. The highest BCUT2D eigenvalue weighted by Crippen LogP contribution is 2.32. The number of rotatable bonds is 4. The maximum Gasteiger partial charge on any atom is 0.417 e. The third-order valence-corrected chi connectivity index (χ3v) is 3.51. The van der Waals surface area contributed by atoms with Crippen molar-refractivity contribution < 1.29 is 23.8 Å². The Kier molecular flexibility index (Phi) is 5.59. The first kappa shape index (κ1) is 16.8. The monoisotopic (exact) mass is 379 g/mol.